The first kappa shape index (κ1) is 23.3. The van der Waals surface area contributed by atoms with E-state index in [9.17, 15) is 0 Å². The van der Waals surface area contributed by atoms with Crippen LogP contribution in [0.25, 0.3) is 82.2 Å². The predicted octanol–water partition coefficient (Wildman–Crippen LogP) is 10.00. The molecule has 0 N–H and O–H groups in total. The highest BCUT2D eigenvalue weighted by Crippen LogP contribution is 2.50. The first-order chi connectivity index (χ1) is 21.7. The van der Waals surface area contributed by atoms with Crippen LogP contribution in [-0.4, -0.2) is 0 Å². The molecule has 0 heterocycles. The quantitative estimate of drug-likeness (QED) is 0.186. The third kappa shape index (κ3) is 2.80. The summed E-state index contributed by atoms with van der Waals surface area (Å²) in [6, 6.07) is 41.6. The molecule has 0 aliphatic heterocycles. The van der Waals surface area contributed by atoms with Gasteiger partial charge in [-0.15, -0.1) is 0 Å². The van der Waals surface area contributed by atoms with Crippen molar-refractivity contribution < 1.29 is 0 Å². The van der Waals surface area contributed by atoms with Gasteiger partial charge in [0.15, 0.2) is 0 Å². The molecule has 0 amide bonds. The van der Waals surface area contributed by atoms with E-state index in [2.05, 4.69) is 128 Å². The molecule has 3 aliphatic rings. The summed E-state index contributed by atoms with van der Waals surface area (Å²) in [6.45, 7) is 2.35. The van der Waals surface area contributed by atoms with Gasteiger partial charge in [-0.25, -0.2) is 0 Å². The van der Waals surface area contributed by atoms with Crippen LogP contribution < -0.4 is 10.4 Å². The Balaban J connectivity index is 1.23. The van der Waals surface area contributed by atoms with E-state index >= 15 is 0 Å². The largest absolute Gasteiger partial charge is 0.0722 e. The molecule has 1 unspecified atom stereocenters. The van der Waals surface area contributed by atoms with Crippen LogP contribution in [0, 0.1) is 0 Å². The molecule has 8 aromatic rings. The number of allylic oxidation sites excluding steroid dienone is 2. The van der Waals surface area contributed by atoms with Gasteiger partial charge < -0.3 is 0 Å². The minimum absolute atomic E-state index is 0.276. The molecule has 204 valence electrons. The van der Waals surface area contributed by atoms with Gasteiger partial charge in [-0.2, -0.15) is 0 Å². The van der Waals surface area contributed by atoms with Crippen molar-refractivity contribution in [2.45, 2.75) is 25.7 Å². The summed E-state index contributed by atoms with van der Waals surface area (Å²) in [7, 11) is 0. The molecule has 0 saturated carbocycles. The second kappa shape index (κ2) is 8.04. The van der Waals surface area contributed by atoms with E-state index in [1.165, 1.54) is 109 Å². The summed E-state index contributed by atoms with van der Waals surface area (Å²) in [5, 5.41) is 16.6. The summed E-state index contributed by atoms with van der Waals surface area (Å²) >= 11 is 0. The highest BCUT2D eigenvalue weighted by atomic mass is 14.4. The van der Waals surface area contributed by atoms with E-state index < -0.39 is 0 Å². The maximum absolute atomic E-state index is 2.60. The molecule has 8 aromatic carbocycles. The highest BCUT2D eigenvalue weighted by molar-refractivity contribution is 6.24. The van der Waals surface area contributed by atoms with Crippen molar-refractivity contribution in [3.05, 3.63) is 148 Å². The minimum Gasteiger partial charge on any atom is -0.0722 e. The zero-order valence-corrected chi connectivity index (χ0v) is 24.5. The summed E-state index contributed by atoms with van der Waals surface area (Å²) in [4.78, 5) is 0. The zero-order valence-electron chi connectivity index (χ0n) is 24.5. The van der Waals surface area contributed by atoms with E-state index in [0.29, 0.717) is 0 Å². The third-order valence-corrected chi connectivity index (χ3v) is 11.0. The SMILES string of the molecule is CC1=c2c(-c3cc4ccc5cccc6ccc(c3)c4c56)c3ccccc3c(C3C=C4Cc5cccc6ccc3c4c56)c2=CC1. The molecule has 0 aromatic heterocycles. The molecule has 0 radical (unpaired) electrons. The van der Waals surface area contributed by atoms with Gasteiger partial charge in [0.1, 0.15) is 0 Å². The highest BCUT2D eigenvalue weighted by Gasteiger charge is 2.33. The lowest BCUT2D eigenvalue weighted by atomic mass is 9.82. The van der Waals surface area contributed by atoms with Crippen molar-refractivity contribution in [2.75, 3.05) is 0 Å². The summed E-state index contributed by atoms with van der Waals surface area (Å²) < 4.78 is 0. The van der Waals surface area contributed by atoms with Crippen LogP contribution >= 0.6 is 0 Å². The van der Waals surface area contributed by atoms with Crippen molar-refractivity contribution in [2.24, 2.45) is 0 Å². The number of benzene rings is 8. The molecule has 0 saturated heterocycles. The molecule has 3 aliphatic carbocycles. The lowest BCUT2D eigenvalue weighted by Gasteiger charge is -2.20. The number of hydrogen-bond donors (Lipinski definition) is 0. The van der Waals surface area contributed by atoms with Crippen LogP contribution in [0.2, 0.25) is 0 Å². The molecule has 0 heteroatoms. The van der Waals surface area contributed by atoms with Crippen molar-refractivity contribution in [1.82, 2.24) is 0 Å². The van der Waals surface area contributed by atoms with Crippen molar-refractivity contribution in [3.8, 4) is 11.1 Å². The Kier molecular flexibility index (Phi) is 4.25. The summed E-state index contributed by atoms with van der Waals surface area (Å²) in [5.74, 6) is 0.276. The van der Waals surface area contributed by atoms with E-state index in [1.54, 1.807) is 0 Å². The molecule has 11 rings (SSSR count). The second-order valence-electron chi connectivity index (χ2n) is 13.2. The lowest BCUT2D eigenvalue weighted by Crippen LogP contribution is -2.31. The zero-order chi connectivity index (χ0) is 28.7. The molecule has 0 fully saturated rings. The van der Waals surface area contributed by atoms with E-state index in [0.717, 1.165) is 12.8 Å². The number of hydrogen-bond acceptors (Lipinski definition) is 0. The Hall–Kier alpha value is -5.20. The van der Waals surface area contributed by atoms with Gasteiger partial charge in [0.25, 0.3) is 0 Å². The van der Waals surface area contributed by atoms with Crippen molar-refractivity contribution in [3.63, 3.8) is 0 Å². The molecule has 0 bridgehead atoms. The molecular weight excluding hydrogens is 528 g/mol. The van der Waals surface area contributed by atoms with Crippen LogP contribution in [0.4, 0.5) is 0 Å². The van der Waals surface area contributed by atoms with E-state index in [4.69, 9.17) is 0 Å². The first-order valence-electron chi connectivity index (χ1n) is 15.9. The predicted molar refractivity (Wildman–Crippen MR) is 188 cm³/mol. The fraction of sp³-hybridized carbons (Fsp3) is 0.0909. The Bertz CT molecular complexity index is 2710. The van der Waals surface area contributed by atoms with Gasteiger partial charge in [-0.3, -0.25) is 0 Å². The van der Waals surface area contributed by atoms with Gasteiger partial charge in [-0.05, 0) is 135 Å². The van der Waals surface area contributed by atoms with Crippen LogP contribution in [0.3, 0.4) is 0 Å². The summed E-state index contributed by atoms with van der Waals surface area (Å²) in [6.07, 6.45) is 7.18. The third-order valence-electron chi connectivity index (χ3n) is 11.0. The molecule has 1 atom stereocenters. The van der Waals surface area contributed by atoms with Crippen LogP contribution in [0.5, 0.6) is 0 Å². The van der Waals surface area contributed by atoms with E-state index in [1.807, 2.05) is 0 Å². The van der Waals surface area contributed by atoms with Gasteiger partial charge in [0.2, 0.25) is 0 Å². The number of rotatable bonds is 2. The maximum Gasteiger partial charge on any atom is 0.0294 e. The molecule has 0 nitrogen and oxygen atoms in total. The Morgan fingerprint density at radius 2 is 1.25 bits per heavy atom. The average molecular weight is 557 g/mol. The standard InChI is InChI=1S/C44H28/c1-24-12-18-36-38(24)42(31-21-29-15-13-25-6-4-7-26-14-16-30(22-31)41(29)39(25)26)33-10-2-3-11-34(33)44(36)37-23-32-20-28-9-5-8-27-17-19-35(37)43(32)40(27)28/h2-11,13-19,21-23,37H,12,20H2,1H3. The second-order valence-corrected chi connectivity index (χ2v) is 13.2. The van der Waals surface area contributed by atoms with Crippen LogP contribution in [0.15, 0.2) is 115 Å². The Labute approximate surface area is 255 Å². The van der Waals surface area contributed by atoms with Crippen molar-refractivity contribution >= 4 is 71.1 Å². The monoisotopic (exact) mass is 556 g/mol. The fourth-order valence-electron chi connectivity index (χ4n) is 9.22. The van der Waals surface area contributed by atoms with Crippen LogP contribution in [0.1, 0.15) is 41.5 Å². The average Bonchev–Trinajstić information content (AvgIpc) is 3.74. The normalized spacial score (nSPS) is 16.6. The van der Waals surface area contributed by atoms with Gasteiger partial charge in [0, 0.05) is 5.92 Å². The van der Waals surface area contributed by atoms with Gasteiger partial charge in [-0.1, -0.05) is 115 Å². The Morgan fingerprint density at radius 1 is 0.591 bits per heavy atom. The topological polar surface area (TPSA) is 0 Å². The molecule has 0 spiro atoms. The van der Waals surface area contributed by atoms with Gasteiger partial charge >= 0.3 is 0 Å². The van der Waals surface area contributed by atoms with Gasteiger partial charge in [0.05, 0.1) is 0 Å². The fourth-order valence-corrected chi connectivity index (χ4v) is 9.22. The first-order valence-corrected chi connectivity index (χ1v) is 15.9. The molecular formula is C44H28. The van der Waals surface area contributed by atoms with E-state index in [-0.39, 0.29) is 5.92 Å². The molecule has 44 heavy (non-hydrogen) atoms. The Morgan fingerprint density at radius 3 is 2.05 bits per heavy atom. The lowest BCUT2D eigenvalue weighted by molar-refractivity contribution is 1.05. The van der Waals surface area contributed by atoms with Crippen molar-refractivity contribution in [1.29, 1.82) is 0 Å². The van der Waals surface area contributed by atoms with Crippen LogP contribution in [-0.2, 0) is 6.42 Å². The number of fused-ring (bicyclic) bond motifs is 2. The minimum atomic E-state index is 0.276. The summed E-state index contributed by atoms with van der Waals surface area (Å²) in [5.41, 5.74) is 11.7. The maximum atomic E-state index is 2.60. The smallest absolute Gasteiger partial charge is 0.0294 e.